The van der Waals surface area contributed by atoms with Crippen LogP contribution in [0.25, 0.3) is 22.3 Å². The Morgan fingerprint density at radius 2 is 1.96 bits per heavy atom. The summed E-state index contributed by atoms with van der Waals surface area (Å²) in [5, 5.41) is 8.53. The van der Waals surface area contributed by atoms with Gasteiger partial charge in [-0.3, -0.25) is 4.79 Å². The topological polar surface area (TPSA) is 59.8 Å². The van der Waals surface area contributed by atoms with Gasteiger partial charge in [0.15, 0.2) is 5.65 Å². The third-order valence-corrected chi connectivity index (χ3v) is 5.41. The summed E-state index contributed by atoms with van der Waals surface area (Å²) in [4.78, 5) is 18.0. The molecule has 140 valence electrons. The van der Waals surface area contributed by atoms with Crippen molar-refractivity contribution < 1.29 is 4.79 Å². The Hall–Kier alpha value is -2.69. The highest BCUT2D eigenvalue weighted by molar-refractivity contribution is 6.06. The molecule has 0 saturated heterocycles. The van der Waals surface area contributed by atoms with Gasteiger partial charge in [0.2, 0.25) is 0 Å². The van der Waals surface area contributed by atoms with Crippen molar-refractivity contribution >= 4 is 16.9 Å². The second-order valence-corrected chi connectivity index (χ2v) is 7.74. The number of hydrogen-bond donors (Lipinski definition) is 1. The molecule has 1 N–H and O–H groups in total. The first-order chi connectivity index (χ1) is 13.0. The molecule has 1 aliphatic rings. The van der Waals surface area contributed by atoms with E-state index in [0.29, 0.717) is 5.56 Å². The average Bonchev–Trinajstić information content (AvgIpc) is 3.30. The Balaban J connectivity index is 1.85. The standard InChI is InChI=1S/C22H26N4O/c1-14(2)26-21-19(13-23-26)18(22(27)24-16-9-5-6-10-16)12-20(25-21)17-11-7-4-8-15(17)3/h4,7-8,11-14,16H,5-6,9-10H2,1-3H3,(H,24,27). The average molecular weight is 362 g/mol. The van der Waals surface area contributed by atoms with Crippen LogP contribution in [0.5, 0.6) is 0 Å². The molecule has 2 aromatic heterocycles. The summed E-state index contributed by atoms with van der Waals surface area (Å²) in [5.74, 6) is -0.0209. The molecule has 5 nitrogen and oxygen atoms in total. The molecule has 1 fully saturated rings. The first-order valence-electron chi connectivity index (χ1n) is 9.79. The van der Waals surface area contributed by atoms with Crippen LogP contribution >= 0.6 is 0 Å². The molecule has 1 aliphatic carbocycles. The summed E-state index contributed by atoms with van der Waals surface area (Å²) in [5.41, 5.74) is 4.44. The summed E-state index contributed by atoms with van der Waals surface area (Å²) < 4.78 is 1.89. The van der Waals surface area contributed by atoms with Crippen LogP contribution in [0, 0.1) is 6.92 Å². The van der Waals surface area contributed by atoms with Crippen LogP contribution in [-0.2, 0) is 0 Å². The van der Waals surface area contributed by atoms with Crippen LogP contribution in [0.1, 0.15) is 61.5 Å². The van der Waals surface area contributed by atoms with Crippen LogP contribution in [0.3, 0.4) is 0 Å². The predicted octanol–water partition coefficient (Wildman–Crippen LogP) is 4.66. The molecule has 1 amide bonds. The van der Waals surface area contributed by atoms with Crippen LogP contribution in [0.15, 0.2) is 36.5 Å². The highest BCUT2D eigenvalue weighted by Crippen LogP contribution is 2.28. The molecule has 0 aliphatic heterocycles. The summed E-state index contributed by atoms with van der Waals surface area (Å²) in [7, 11) is 0. The zero-order valence-corrected chi connectivity index (χ0v) is 16.2. The fraction of sp³-hybridized carbons (Fsp3) is 0.409. The smallest absolute Gasteiger partial charge is 0.252 e. The normalized spacial score (nSPS) is 15.0. The van der Waals surface area contributed by atoms with E-state index in [1.165, 1.54) is 12.8 Å². The molecule has 0 bridgehead atoms. The number of nitrogens with zero attached hydrogens (tertiary/aromatic N) is 3. The van der Waals surface area contributed by atoms with Crippen molar-refractivity contribution in [3.63, 3.8) is 0 Å². The largest absolute Gasteiger partial charge is 0.349 e. The van der Waals surface area contributed by atoms with Crippen LogP contribution in [0.4, 0.5) is 0 Å². The lowest BCUT2D eigenvalue weighted by Gasteiger charge is -2.14. The Morgan fingerprint density at radius 1 is 1.22 bits per heavy atom. The van der Waals surface area contributed by atoms with Crippen molar-refractivity contribution in [2.45, 2.75) is 58.5 Å². The second kappa shape index (κ2) is 7.14. The van der Waals surface area contributed by atoms with Gasteiger partial charge in [0.25, 0.3) is 5.91 Å². The third-order valence-electron chi connectivity index (χ3n) is 5.41. The maximum atomic E-state index is 13.1. The monoisotopic (exact) mass is 362 g/mol. The molecule has 0 radical (unpaired) electrons. The van der Waals surface area contributed by atoms with E-state index in [1.54, 1.807) is 6.20 Å². The number of aryl methyl sites for hydroxylation is 1. The molecule has 0 unspecified atom stereocenters. The molecule has 0 atom stereocenters. The zero-order chi connectivity index (χ0) is 19.0. The van der Waals surface area contributed by atoms with E-state index in [1.807, 2.05) is 22.9 Å². The second-order valence-electron chi connectivity index (χ2n) is 7.74. The van der Waals surface area contributed by atoms with Gasteiger partial charge in [0, 0.05) is 17.6 Å². The quantitative estimate of drug-likeness (QED) is 0.734. The SMILES string of the molecule is Cc1ccccc1-c1cc(C(=O)NC2CCCC2)c2cnn(C(C)C)c2n1. The van der Waals surface area contributed by atoms with E-state index in [2.05, 4.69) is 43.3 Å². The van der Waals surface area contributed by atoms with Gasteiger partial charge in [-0.05, 0) is 45.2 Å². The minimum Gasteiger partial charge on any atom is -0.349 e. The number of aromatic nitrogens is 3. The van der Waals surface area contributed by atoms with Gasteiger partial charge in [0.1, 0.15) is 0 Å². The minimum absolute atomic E-state index is 0.0209. The molecule has 5 heteroatoms. The number of benzene rings is 1. The van der Waals surface area contributed by atoms with Gasteiger partial charge in [-0.1, -0.05) is 37.1 Å². The number of rotatable bonds is 4. The predicted molar refractivity (Wildman–Crippen MR) is 108 cm³/mol. The zero-order valence-electron chi connectivity index (χ0n) is 16.2. The Bertz CT molecular complexity index is 983. The highest BCUT2D eigenvalue weighted by atomic mass is 16.1. The van der Waals surface area contributed by atoms with Gasteiger partial charge in [-0.15, -0.1) is 0 Å². The van der Waals surface area contributed by atoms with Gasteiger partial charge in [-0.25, -0.2) is 9.67 Å². The maximum Gasteiger partial charge on any atom is 0.252 e. The fourth-order valence-corrected chi connectivity index (χ4v) is 3.92. The van der Waals surface area contributed by atoms with Gasteiger partial charge in [-0.2, -0.15) is 5.10 Å². The van der Waals surface area contributed by atoms with Gasteiger partial charge in [0.05, 0.1) is 22.8 Å². The minimum atomic E-state index is -0.0209. The first-order valence-corrected chi connectivity index (χ1v) is 9.79. The number of carbonyl (C=O) groups excluding carboxylic acids is 1. The summed E-state index contributed by atoms with van der Waals surface area (Å²) in [6.45, 7) is 6.22. The lowest BCUT2D eigenvalue weighted by molar-refractivity contribution is 0.0939. The van der Waals surface area contributed by atoms with Crippen molar-refractivity contribution in [1.82, 2.24) is 20.1 Å². The van der Waals surface area contributed by atoms with Crippen molar-refractivity contribution in [3.8, 4) is 11.3 Å². The summed E-state index contributed by atoms with van der Waals surface area (Å²) >= 11 is 0. The molecule has 0 spiro atoms. The number of hydrogen-bond acceptors (Lipinski definition) is 3. The van der Waals surface area contributed by atoms with Crippen LogP contribution in [0.2, 0.25) is 0 Å². The highest BCUT2D eigenvalue weighted by Gasteiger charge is 2.22. The van der Waals surface area contributed by atoms with Crippen molar-refractivity contribution in [1.29, 1.82) is 0 Å². The number of pyridine rings is 1. The number of amides is 1. The van der Waals surface area contributed by atoms with Gasteiger partial charge < -0.3 is 5.32 Å². The molecular weight excluding hydrogens is 336 g/mol. The van der Waals surface area contributed by atoms with Crippen LogP contribution < -0.4 is 5.32 Å². The molecule has 27 heavy (non-hydrogen) atoms. The summed E-state index contributed by atoms with van der Waals surface area (Å²) in [6.07, 6.45) is 6.28. The molecule has 2 heterocycles. The van der Waals surface area contributed by atoms with E-state index >= 15 is 0 Å². The van der Waals surface area contributed by atoms with Crippen molar-refractivity contribution in [2.75, 3.05) is 0 Å². The third kappa shape index (κ3) is 3.34. The Labute approximate surface area is 159 Å². The molecule has 4 rings (SSSR count). The van der Waals surface area contributed by atoms with E-state index in [9.17, 15) is 4.79 Å². The van der Waals surface area contributed by atoms with Crippen LogP contribution in [-0.4, -0.2) is 26.7 Å². The van der Waals surface area contributed by atoms with Crippen molar-refractivity contribution in [2.24, 2.45) is 0 Å². The molecule has 3 aromatic rings. The summed E-state index contributed by atoms with van der Waals surface area (Å²) in [6, 6.07) is 10.5. The Kier molecular flexibility index (Phi) is 4.68. The fourth-order valence-electron chi connectivity index (χ4n) is 3.92. The number of carbonyl (C=O) groups is 1. The van der Waals surface area contributed by atoms with E-state index in [0.717, 1.165) is 40.7 Å². The molecule has 1 aromatic carbocycles. The molecular formula is C22H26N4O. The lowest BCUT2D eigenvalue weighted by Crippen LogP contribution is -2.32. The Morgan fingerprint density at radius 3 is 2.67 bits per heavy atom. The van der Waals surface area contributed by atoms with Gasteiger partial charge >= 0.3 is 0 Å². The number of nitrogens with one attached hydrogen (secondary N) is 1. The van der Waals surface area contributed by atoms with E-state index in [-0.39, 0.29) is 18.0 Å². The number of fused-ring (bicyclic) bond motifs is 1. The first kappa shape index (κ1) is 17.7. The maximum absolute atomic E-state index is 13.1. The molecule has 1 saturated carbocycles. The lowest BCUT2D eigenvalue weighted by atomic mass is 10.0. The van der Waals surface area contributed by atoms with E-state index < -0.39 is 0 Å². The van der Waals surface area contributed by atoms with Crippen molar-refractivity contribution in [3.05, 3.63) is 47.7 Å². The van der Waals surface area contributed by atoms with E-state index in [4.69, 9.17) is 4.98 Å².